The summed E-state index contributed by atoms with van der Waals surface area (Å²) in [5, 5.41) is 6.78. The van der Waals surface area contributed by atoms with E-state index in [2.05, 4.69) is 51.8 Å². The number of nitrogens with zero attached hydrogens (tertiary/aromatic N) is 3. The summed E-state index contributed by atoms with van der Waals surface area (Å²) < 4.78 is 0. The molecule has 2 N–H and O–H groups in total. The van der Waals surface area contributed by atoms with Crippen molar-refractivity contribution in [2.45, 2.75) is 38.6 Å². The highest BCUT2D eigenvalue weighted by Gasteiger charge is 2.42. The lowest BCUT2D eigenvalue weighted by Gasteiger charge is -2.31. The van der Waals surface area contributed by atoms with Crippen LogP contribution in [-0.4, -0.2) is 69.5 Å². The highest BCUT2D eigenvalue weighted by Crippen LogP contribution is 2.38. The van der Waals surface area contributed by atoms with Crippen LogP contribution in [0.2, 0.25) is 0 Å². The molecule has 1 aliphatic carbocycles. The molecule has 0 aliphatic heterocycles. The lowest BCUT2D eigenvalue weighted by molar-refractivity contribution is -0.138. The summed E-state index contributed by atoms with van der Waals surface area (Å²) in [6.07, 6.45) is 5.20. The van der Waals surface area contributed by atoms with Crippen molar-refractivity contribution in [2.75, 3.05) is 47.8 Å². The first kappa shape index (κ1) is 25.7. The summed E-state index contributed by atoms with van der Waals surface area (Å²) >= 11 is 0. The third kappa shape index (κ3) is 8.12. The molecule has 164 valence electrons. The third-order valence-electron chi connectivity index (χ3n) is 5.54. The maximum atomic E-state index is 12.7. The summed E-state index contributed by atoms with van der Waals surface area (Å²) in [7, 11) is 7.63. The van der Waals surface area contributed by atoms with Gasteiger partial charge in [-0.15, -0.1) is 24.0 Å². The number of carbonyl (C=O) groups excluding carboxylic acids is 1. The Hall–Kier alpha value is -1.35. The van der Waals surface area contributed by atoms with E-state index in [-0.39, 0.29) is 35.3 Å². The van der Waals surface area contributed by atoms with E-state index in [4.69, 9.17) is 0 Å². The van der Waals surface area contributed by atoms with Crippen LogP contribution < -0.4 is 10.6 Å². The van der Waals surface area contributed by atoms with Crippen LogP contribution in [0, 0.1) is 5.41 Å². The Balaban J connectivity index is 0.00000420. The van der Waals surface area contributed by atoms with Gasteiger partial charge in [-0.25, -0.2) is 0 Å². The van der Waals surface area contributed by atoms with Gasteiger partial charge in [-0.2, -0.15) is 0 Å². The van der Waals surface area contributed by atoms with Crippen LogP contribution >= 0.6 is 24.0 Å². The molecule has 1 fully saturated rings. The number of nitrogens with one attached hydrogen (secondary N) is 2. The fourth-order valence-corrected chi connectivity index (χ4v) is 4.00. The molecule has 0 saturated heterocycles. The number of hydrogen-bond acceptors (Lipinski definition) is 3. The number of amides is 1. The molecule has 0 spiro atoms. The molecule has 2 rings (SSSR count). The average Bonchev–Trinajstić information content (AvgIpc) is 3.17. The maximum absolute atomic E-state index is 12.7. The highest BCUT2D eigenvalue weighted by atomic mass is 127. The molecule has 29 heavy (non-hydrogen) atoms. The van der Waals surface area contributed by atoms with Crippen molar-refractivity contribution in [2.24, 2.45) is 10.4 Å². The number of carbonyl (C=O) groups is 1. The molecule has 1 aliphatic rings. The molecule has 0 radical (unpaired) electrons. The molecular weight excluding hydrogens is 477 g/mol. The van der Waals surface area contributed by atoms with Gasteiger partial charge < -0.3 is 20.4 Å². The van der Waals surface area contributed by atoms with E-state index < -0.39 is 0 Å². The number of hydrogen-bond donors (Lipinski definition) is 2. The SMILES string of the molecule is CN=C(NCCCN(C)Cc1ccccc1)NCC1(C(=O)N(C)C)CCCC1.I. The topological polar surface area (TPSA) is 60.0 Å². The molecule has 0 heterocycles. The van der Waals surface area contributed by atoms with Gasteiger partial charge in [0.1, 0.15) is 0 Å². The van der Waals surface area contributed by atoms with Crippen molar-refractivity contribution >= 4 is 35.8 Å². The first-order chi connectivity index (χ1) is 13.5. The van der Waals surface area contributed by atoms with Gasteiger partial charge >= 0.3 is 0 Å². The maximum Gasteiger partial charge on any atom is 0.230 e. The van der Waals surface area contributed by atoms with Crippen molar-refractivity contribution in [1.82, 2.24) is 20.4 Å². The zero-order valence-corrected chi connectivity index (χ0v) is 20.7. The van der Waals surface area contributed by atoms with Gasteiger partial charge in [0, 0.05) is 40.8 Å². The van der Waals surface area contributed by atoms with Gasteiger partial charge in [-0.1, -0.05) is 43.2 Å². The minimum Gasteiger partial charge on any atom is -0.356 e. The van der Waals surface area contributed by atoms with Crippen LogP contribution in [0.3, 0.4) is 0 Å². The first-order valence-corrected chi connectivity index (χ1v) is 10.4. The van der Waals surface area contributed by atoms with Crippen LogP contribution in [0.1, 0.15) is 37.7 Å². The summed E-state index contributed by atoms with van der Waals surface area (Å²) in [6.45, 7) is 3.48. The van der Waals surface area contributed by atoms with Crippen molar-refractivity contribution < 1.29 is 4.79 Å². The van der Waals surface area contributed by atoms with Crippen LogP contribution in [0.25, 0.3) is 0 Å². The van der Waals surface area contributed by atoms with E-state index in [1.165, 1.54) is 5.56 Å². The molecule has 1 saturated carbocycles. The fourth-order valence-electron chi connectivity index (χ4n) is 4.00. The molecule has 0 unspecified atom stereocenters. The van der Waals surface area contributed by atoms with Crippen molar-refractivity contribution in [3.05, 3.63) is 35.9 Å². The van der Waals surface area contributed by atoms with E-state index in [0.29, 0.717) is 6.54 Å². The average molecular weight is 515 g/mol. The van der Waals surface area contributed by atoms with E-state index in [1.807, 2.05) is 20.2 Å². The van der Waals surface area contributed by atoms with Crippen LogP contribution in [0.15, 0.2) is 35.3 Å². The second-order valence-corrected chi connectivity index (χ2v) is 8.12. The van der Waals surface area contributed by atoms with E-state index >= 15 is 0 Å². The Labute approximate surface area is 193 Å². The monoisotopic (exact) mass is 515 g/mol. The van der Waals surface area contributed by atoms with Crippen LogP contribution in [0.5, 0.6) is 0 Å². The van der Waals surface area contributed by atoms with Crippen molar-refractivity contribution in [3.8, 4) is 0 Å². The molecule has 0 bridgehead atoms. The summed E-state index contributed by atoms with van der Waals surface area (Å²) in [5.41, 5.74) is 1.06. The van der Waals surface area contributed by atoms with Gasteiger partial charge in [-0.3, -0.25) is 9.79 Å². The molecule has 1 aromatic carbocycles. The van der Waals surface area contributed by atoms with E-state index in [0.717, 1.165) is 57.7 Å². The predicted octanol–water partition coefficient (Wildman–Crippen LogP) is 2.94. The van der Waals surface area contributed by atoms with E-state index in [9.17, 15) is 4.79 Å². The Kier molecular flexibility index (Phi) is 11.6. The zero-order chi connectivity index (χ0) is 20.4. The molecule has 1 amide bonds. The normalized spacial score (nSPS) is 15.7. The Morgan fingerprint density at radius 3 is 2.34 bits per heavy atom. The Morgan fingerprint density at radius 2 is 1.76 bits per heavy atom. The zero-order valence-electron chi connectivity index (χ0n) is 18.4. The summed E-state index contributed by atoms with van der Waals surface area (Å²) in [5.74, 6) is 1.01. The van der Waals surface area contributed by atoms with Crippen LogP contribution in [0.4, 0.5) is 0 Å². The minimum absolute atomic E-state index is 0. The third-order valence-corrected chi connectivity index (χ3v) is 5.54. The number of aliphatic imine (C=N–C) groups is 1. The number of rotatable bonds is 9. The summed E-state index contributed by atoms with van der Waals surface area (Å²) in [4.78, 5) is 21.1. The second kappa shape index (κ2) is 13.1. The van der Waals surface area contributed by atoms with Crippen LogP contribution in [-0.2, 0) is 11.3 Å². The molecular formula is C22H38IN5O. The number of halogens is 1. The standard InChI is InChI=1S/C22H37N5O.HI/c1-23-21(25-18-22(13-8-9-14-22)20(28)26(2)3)24-15-10-16-27(4)17-19-11-6-5-7-12-19;/h5-7,11-12H,8-10,13-18H2,1-4H3,(H2,23,24,25);1H. The van der Waals surface area contributed by atoms with Gasteiger partial charge in [0.25, 0.3) is 0 Å². The fraction of sp³-hybridized carbons (Fsp3) is 0.636. The molecule has 7 heteroatoms. The van der Waals surface area contributed by atoms with Crippen molar-refractivity contribution in [1.29, 1.82) is 0 Å². The second-order valence-electron chi connectivity index (χ2n) is 8.12. The van der Waals surface area contributed by atoms with Gasteiger partial charge in [0.05, 0.1) is 5.41 Å². The molecule has 0 aromatic heterocycles. The number of benzene rings is 1. The van der Waals surface area contributed by atoms with Gasteiger partial charge in [0.2, 0.25) is 5.91 Å². The molecule has 0 atom stereocenters. The predicted molar refractivity (Wildman–Crippen MR) is 132 cm³/mol. The Bertz CT molecular complexity index is 629. The van der Waals surface area contributed by atoms with E-state index in [1.54, 1.807) is 11.9 Å². The van der Waals surface area contributed by atoms with Crippen molar-refractivity contribution in [3.63, 3.8) is 0 Å². The lowest BCUT2D eigenvalue weighted by Crippen LogP contribution is -2.49. The first-order valence-electron chi connectivity index (χ1n) is 10.4. The van der Waals surface area contributed by atoms with Gasteiger partial charge in [-0.05, 0) is 38.4 Å². The summed E-state index contributed by atoms with van der Waals surface area (Å²) in [6, 6.07) is 10.5. The smallest absolute Gasteiger partial charge is 0.230 e. The molecule has 6 nitrogen and oxygen atoms in total. The van der Waals surface area contributed by atoms with Gasteiger partial charge in [0.15, 0.2) is 5.96 Å². The quantitative estimate of drug-likeness (QED) is 0.230. The largest absolute Gasteiger partial charge is 0.356 e. The lowest BCUT2D eigenvalue weighted by atomic mass is 9.84. The Morgan fingerprint density at radius 1 is 1.10 bits per heavy atom. The number of guanidine groups is 1. The highest BCUT2D eigenvalue weighted by molar-refractivity contribution is 14.0. The minimum atomic E-state index is -0.281. The molecule has 1 aromatic rings.